The molecule has 0 radical (unpaired) electrons. The van der Waals surface area contributed by atoms with Gasteiger partial charge in [-0.15, -0.1) is 0 Å². The van der Waals surface area contributed by atoms with Gasteiger partial charge in [-0.3, -0.25) is 4.90 Å². The van der Waals surface area contributed by atoms with E-state index in [4.69, 9.17) is 9.47 Å². The van der Waals surface area contributed by atoms with Gasteiger partial charge in [0.1, 0.15) is 18.1 Å². The Balaban J connectivity index is 1.37. The van der Waals surface area contributed by atoms with Crippen molar-refractivity contribution in [2.45, 2.75) is 31.6 Å². The van der Waals surface area contributed by atoms with Gasteiger partial charge in [-0.1, -0.05) is 42.5 Å². The molecule has 3 aromatic carbocycles. The number of nitrogens with zero attached hydrogens (tertiary/aromatic N) is 2. The van der Waals surface area contributed by atoms with Crippen molar-refractivity contribution in [3.63, 3.8) is 0 Å². The summed E-state index contributed by atoms with van der Waals surface area (Å²) in [7, 11) is 1.69. The molecule has 0 saturated carbocycles. The van der Waals surface area contributed by atoms with Crippen molar-refractivity contribution in [2.24, 2.45) is 0 Å². The molecule has 5 nitrogen and oxygen atoms in total. The Morgan fingerprint density at radius 2 is 1.72 bits per heavy atom. The van der Waals surface area contributed by atoms with E-state index in [9.17, 15) is 5.11 Å². The number of ether oxygens (including phenoxy) is 2. The normalized spacial score (nSPS) is 20.2. The zero-order chi connectivity index (χ0) is 21.9. The minimum absolute atomic E-state index is 0.266. The third-order valence-electron chi connectivity index (χ3n) is 6.57. The molecule has 0 spiro atoms. The Morgan fingerprint density at radius 3 is 2.53 bits per heavy atom. The van der Waals surface area contributed by atoms with Crippen LogP contribution >= 0.6 is 0 Å². The Bertz CT molecular complexity index is 1010. The van der Waals surface area contributed by atoms with E-state index >= 15 is 0 Å². The van der Waals surface area contributed by atoms with Crippen LogP contribution in [-0.4, -0.2) is 48.9 Å². The first kappa shape index (κ1) is 20.9. The standard InChI is InChI=1S/C27H30N2O3/c1-31-24-12-10-20(11-13-24)14-15-28-18-23(30)16-22(28)17-29-25-7-3-2-6-21(25)19-32-27-9-5-4-8-26(27)29/h2-13,22-23,30H,14-19H2,1H3/t22-,23-/m1/s1. The van der Waals surface area contributed by atoms with E-state index in [0.717, 1.165) is 43.1 Å². The molecule has 5 heteroatoms. The number of fused-ring (bicyclic) bond motifs is 2. The fraction of sp³-hybridized carbons (Fsp3) is 0.333. The molecule has 1 N–H and O–H groups in total. The Hall–Kier alpha value is -3.02. The lowest BCUT2D eigenvalue weighted by Gasteiger charge is -2.32. The highest BCUT2D eigenvalue weighted by atomic mass is 16.5. The number of likely N-dealkylation sites (tertiary alicyclic amines) is 1. The zero-order valence-corrected chi connectivity index (χ0v) is 18.5. The van der Waals surface area contributed by atoms with Gasteiger partial charge in [-0.2, -0.15) is 0 Å². The van der Waals surface area contributed by atoms with E-state index in [2.05, 4.69) is 58.3 Å². The topological polar surface area (TPSA) is 45.2 Å². The molecular formula is C27H30N2O3. The SMILES string of the molecule is COc1ccc(CCN2C[C@H](O)C[C@@H]2CN2c3ccccc3COc3ccccc32)cc1. The number of methoxy groups -OCH3 is 1. The predicted molar refractivity (Wildman–Crippen MR) is 127 cm³/mol. The van der Waals surface area contributed by atoms with Crippen LogP contribution in [0.3, 0.4) is 0 Å². The molecule has 0 aromatic heterocycles. The van der Waals surface area contributed by atoms with E-state index in [0.29, 0.717) is 13.2 Å². The van der Waals surface area contributed by atoms with Crippen LogP contribution in [0.5, 0.6) is 11.5 Å². The van der Waals surface area contributed by atoms with Crippen LogP contribution in [0.4, 0.5) is 11.4 Å². The predicted octanol–water partition coefficient (Wildman–Crippen LogP) is 4.40. The van der Waals surface area contributed by atoms with E-state index < -0.39 is 0 Å². The summed E-state index contributed by atoms with van der Waals surface area (Å²) in [4.78, 5) is 4.81. The number of hydrogen-bond donors (Lipinski definition) is 1. The largest absolute Gasteiger partial charge is 0.497 e. The molecular weight excluding hydrogens is 400 g/mol. The summed E-state index contributed by atoms with van der Waals surface area (Å²) in [6.07, 6.45) is 1.44. The Labute approximate surface area is 189 Å². The second-order valence-electron chi connectivity index (χ2n) is 8.63. The second-order valence-corrected chi connectivity index (χ2v) is 8.63. The monoisotopic (exact) mass is 430 g/mol. The summed E-state index contributed by atoms with van der Waals surface area (Å²) >= 11 is 0. The van der Waals surface area contributed by atoms with Crippen LogP contribution in [0, 0.1) is 0 Å². The van der Waals surface area contributed by atoms with Crippen LogP contribution in [0.2, 0.25) is 0 Å². The molecule has 0 amide bonds. The van der Waals surface area contributed by atoms with Crippen LogP contribution in [0.15, 0.2) is 72.8 Å². The molecule has 1 fully saturated rings. The smallest absolute Gasteiger partial charge is 0.143 e. The minimum atomic E-state index is -0.287. The van der Waals surface area contributed by atoms with Crippen molar-refractivity contribution in [3.8, 4) is 11.5 Å². The van der Waals surface area contributed by atoms with Gasteiger partial charge in [0.2, 0.25) is 0 Å². The zero-order valence-electron chi connectivity index (χ0n) is 18.5. The number of rotatable bonds is 6. The molecule has 166 valence electrons. The van der Waals surface area contributed by atoms with Gasteiger partial charge in [0.15, 0.2) is 0 Å². The molecule has 0 unspecified atom stereocenters. The third kappa shape index (κ3) is 4.31. The maximum atomic E-state index is 10.5. The van der Waals surface area contributed by atoms with Crippen LogP contribution < -0.4 is 14.4 Å². The van der Waals surface area contributed by atoms with Gasteiger partial charge in [-0.05, 0) is 48.7 Å². The lowest BCUT2D eigenvalue weighted by Crippen LogP contribution is -2.39. The first-order valence-electron chi connectivity index (χ1n) is 11.3. The van der Waals surface area contributed by atoms with Gasteiger partial charge in [0.25, 0.3) is 0 Å². The van der Waals surface area contributed by atoms with Gasteiger partial charge >= 0.3 is 0 Å². The highest BCUT2D eigenvalue weighted by Gasteiger charge is 2.33. The number of para-hydroxylation sites is 3. The minimum Gasteiger partial charge on any atom is -0.497 e. The number of hydrogen-bond acceptors (Lipinski definition) is 5. The van der Waals surface area contributed by atoms with Crippen molar-refractivity contribution in [3.05, 3.63) is 83.9 Å². The fourth-order valence-corrected chi connectivity index (χ4v) is 4.88. The Kier molecular flexibility index (Phi) is 6.02. The number of aliphatic hydroxyl groups is 1. The summed E-state index contributed by atoms with van der Waals surface area (Å²) < 4.78 is 11.4. The molecule has 32 heavy (non-hydrogen) atoms. The van der Waals surface area contributed by atoms with Gasteiger partial charge < -0.3 is 19.5 Å². The second kappa shape index (κ2) is 9.23. The van der Waals surface area contributed by atoms with Crippen molar-refractivity contribution in [1.29, 1.82) is 0 Å². The van der Waals surface area contributed by atoms with E-state index in [1.807, 2.05) is 24.3 Å². The van der Waals surface area contributed by atoms with Crippen molar-refractivity contribution in [2.75, 3.05) is 31.6 Å². The van der Waals surface area contributed by atoms with Gasteiger partial charge in [0.05, 0.1) is 18.9 Å². The van der Waals surface area contributed by atoms with Gasteiger partial charge in [-0.25, -0.2) is 0 Å². The van der Waals surface area contributed by atoms with Crippen LogP contribution in [-0.2, 0) is 13.0 Å². The summed E-state index contributed by atoms with van der Waals surface area (Å²) in [6, 6.07) is 25.3. The maximum absolute atomic E-state index is 10.5. The van der Waals surface area contributed by atoms with E-state index in [1.54, 1.807) is 7.11 Å². The molecule has 1 saturated heterocycles. The van der Waals surface area contributed by atoms with Gasteiger partial charge in [0, 0.05) is 36.9 Å². The average molecular weight is 431 g/mol. The van der Waals surface area contributed by atoms with Crippen molar-refractivity contribution in [1.82, 2.24) is 4.90 Å². The number of anilines is 2. The van der Waals surface area contributed by atoms with Crippen molar-refractivity contribution >= 4 is 11.4 Å². The molecule has 5 rings (SSSR count). The summed E-state index contributed by atoms with van der Waals surface area (Å²) in [5.41, 5.74) is 4.75. The maximum Gasteiger partial charge on any atom is 0.143 e. The highest BCUT2D eigenvalue weighted by molar-refractivity contribution is 5.72. The summed E-state index contributed by atoms with van der Waals surface area (Å²) in [6.45, 7) is 3.02. The number of β-amino-alcohol motifs (C(OH)–C–C–N with tert-alkyl or cyclic N) is 1. The molecule has 3 aromatic rings. The summed E-state index contributed by atoms with van der Waals surface area (Å²) in [5.74, 6) is 1.79. The molecule has 0 bridgehead atoms. The molecule has 2 atom stereocenters. The first-order valence-corrected chi connectivity index (χ1v) is 11.3. The average Bonchev–Trinajstić information content (AvgIpc) is 3.11. The Morgan fingerprint density at radius 1 is 0.969 bits per heavy atom. The summed E-state index contributed by atoms with van der Waals surface area (Å²) in [5, 5.41) is 10.5. The number of aliphatic hydroxyl groups excluding tert-OH is 1. The lowest BCUT2D eigenvalue weighted by atomic mass is 10.1. The van der Waals surface area contributed by atoms with E-state index in [-0.39, 0.29) is 12.1 Å². The molecule has 0 aliphatic carbocycles. The lowest BCUT2D eigenvalue weighted by molar-refractivity contribution is 0.175. The quantitative estimate of drug-likeness (QED) is 0.628. The first-order chi connectivity index (χ1) is 15.7. The fourth-order valence-electron chi connectivity index (χ4n) is 4.88. The van der Waals surface area contributed by atoms with Crippen LogP contribution in [0.25, 0.3) is 0 Å². The number of benzene rings is 3. The van der Waals surface area contributed by atoms with E-state index in [1.165, 1.54) is 16.8 Å². The van der Waals surface area contributed by atoms with Crippen LogP contribution in [0.1, 0.15) is 17.5 Å². The third-order valence-corrected chi connectivity index (χ3v) is 6.57. The molecule has 2 aliphatic heterocycles. The highest BCUT2D eigenvalue weighted by Crippen LogP contribution is 2.40. The molecule has 2 aliphatic rings. The van der Waals surface area contributed by atoms with Crippen molar-refractivity contribution < 1.29 is 14.6 Å². The molecule has 2 heterocycles.